The highest BCUT2D eigenvalue weighted by Crippen LogP contribution is 2.34. The van der Waals surface area contributed by atoms with E-state index in [1.807, 2.05) is 0 Å². The molecular weight excluding hydrogens is 244 g/mol. The van der Waals surface area contributed by atoms with Gasteiger partial charge in [-0.15, -0.1) is 0 Å². The minimum atomic E-state index is 0.558. The summed E-state index contributed by atoms with van der Waals surface area (Å²) in [6.07, 6.45) is 6.98. The Hall–Kier alpha value is -0.860. The van der Waals surface area contributed by atoms with Crippen LogP contribution in [0.3, 0.4) is 0 Å². The van der Waals surface area contributed by atoms with Crippen molar-refractivity contribution in [2.24, 2.45) is 5.92 Å². The highest BCUT2D eigenvalue weighted by Gasteiger charge is 2.30. The van der Waals surface area contributed by atoms with E-state index in [0.717, 1.165) is 25.0 Å². The van der Waals surface area contributed by atoms with Gasteiger partial charge in [0.2, 0.25) is 0 Å². The van der Waals surface area contributed by atoms with Crippen molar-refractivity contribution in [2.75, 3.05) is 13.6 Å². The highest BCUT2D eigenvalue weighted by atomic mass is 15.2. The Labute approximate surface area is 123 Å². The second-order valence-corrected chi connectivity index (χ2v) is 6.59. The molecule has 0 radical (unpaired) electrons. The second-order valence-electron chi connectivity index (χ2n) is 6.59. The Bertz CT molecular complexity index is 435. The molecule has 1 aliphatic heterocycles. The molecule has 0 bridgehead atoms. The Morgan fingerprint density at radius 3 is 2.65 bits per heavy atom. The lowest BCUT2D eigenvalue weighted by Gasteiger charge is -2.41. The fourth-order valence-corrected chi connectivity index (χ4v) is 4.05. The summed E-state index contributed by atoms with van der Waals surface area (Å²) < 4.78 is 0. The third-order valence-electron chi connectivity index (χ3n) is 5.53. The first-order valence-corrected chi connectivity index (χ1v) is 8.30. The van der Waals surface area contributed by atoms with Crippen LogP contribution >= 0.6 is 0 Å². The van der Waals surface area contributed by atoms with Gasteiger partial charge in [0.05, 0.1) is 0 Å². The van der Waals surface area contributed by atoms with E-state index in [0.29, 0.717) is 6.04 Å². The molecule has 1 saturated carbocycles. The van der Waals surface area contributed by atoms with Crippen molar-refractivity contribution in [3.63, 3.8) is 0 Å². The fourth-order valence-electron chi connectivity index (χ4n) is 4.05. The minimum absolute atomic E-state index is 0.558. The van der Waals surface area contributed by atoms with E-state index in [9.17, 15) is 0 Å². The number of nitrogens with one attached hydrogen (secondary N) is 1. The number of hydrogen-bond acceptors (Lipinski definition) is 2. The summed E-state index contributed by atoms with van der Waals surface area (Å²) in [4.78, 5) is 2.65. The molecule has 1 aliphatic carbocycles. The molecule has 1 heterocycles. The summed E-state index contributed by atoms with van der Waals surface area (Å²) in [5.74, 6) is 0.983. The number of benzene rings is 1. The molecule has 1 N–H and O–H groups in total. The summed E-state index contributed by atoms with van der Waals surface area (Å²) in [7, 11) is 2.34. The van der Waals surface area contributed by atoms with Gasteiger partial charge in [0.15, 0.2) is 0 Å². The topological polar surface area (TPSA) is 15.3 Å². The van der Waals surface area contributed by atoms with Crippen molar-refractivity contribution in [1.82, 2.24) is 10.2 Å². The van der Waals surface area contributed by atoms with Crippen LogP contribution in [0.15, 0.2) is 24.3 Å². The van der Waals surface area contributed by atoms with E-state index in [4.69, 9.17) is 0 Å². The maximum Gasteiger partial charge on any atom is 0.0475 e. The lowest BCUT2D eigenvalue weighted by atomic mass is 9.83. The molecule has 2 nitrogen and oxygen atoms in total. The van der Waals surface area contributed by atoms with Crippen LogP contribution in [-0.4, -0.2) is 24.5 Å². The SMILES string of the molecule is CCC1CCC(N(C)C2CNCc3ccccc32)CC1. The molecule has 0 saturated heterocycles. The first-order chi connectivity index (χ1) is 9.79. The standard InChI is InChI=1S/C18H28N2/c1-3-14-8-10-16(11-9-14)20(2)18-13-19-12-15-6-4-5-7-17(15)18/h4-7,14,16,18-19H,3,8-13H2,1-2H3. The zero-order valence-electron chi connectivity index (χ0n) is 12.9. The van der Waals surface area contributed by atoms with Crippen molar-refractivity contribution in [2.45, 2.75) is 57.7 Å². The smallest absolute Gasteiger partial charge is 0.0475 e. The molecular formula is C18H28N2. The van der Waals surface area contributed by atoms with Crippen LogP contribution in [0, 0.1) is 5.92 Å². The van der Waals surface area contributed by atoms with E-state index in [1.54, 1.807) is 5.56 Å². The number of nitrogens with zero attached hydrogens (tertiary/aromatic N) is 1. The first kappa shape index (κ1) is 14.1. The zero-order valence-corrected chi connectivity index (χ0v) is 12.9. The predicted molar refractivity (Wildman–Crippen MR) is 84.7 cm³/mol. The van der Waals surface area contributed by atoms with E-state index >= 15 is 0 Å². The number of rotatable bonds is 3. The van der Waals surface area contributed by atoms with Gasteiger partial charge in [-0.3, -0.25) is 4.90 Å². The Balaban J connectivity index is 1.71. The number of hydrogen-bond donors (Lipinski definition) is 1. The molecule has 0 amide bonds. The summed E-state index contributed by atoms with van der Waals surface area (Å²) in [6.45, 7) is 4.47. The quantitative estimate of drug-likeness (QED) is 0.902. The molecule has 1 fully saturated rings. The molecule has 0 aromatic heterocycles. The van der Waals surface area contributed by atoms with Crippen LogP contribution in [-0.2, 0) is 6.54 Å². The third-order valence-corrected chi connectivity index (χ3v) is 5.53. The van der Waals surface area contributed by atoms with Crippen molar-refractivity contribution in [3.8, 4) is 0 Å². The van der Waals surface area contributed by atoms with Gasteiger partial charge in [0, 0.05) is 25.2 Å². The van der Waals surface area contributed by atoms with Crippen LogP contribution in [0.1, 0.15) is 56.2 Å². The molecule has 1 aromatic carbocycles. The Morgan fingerprint density at radius 2 is 1.90 bits per heavy atom. The number of fused-ring (bicyclic) bond motifs is 1. The van der Waals surface area contributed by atoms with Gasteiger partial charge in [-0.2, -0.15) is 0 Å². The average Bonchev–Trinajstić information content (AvgIpc) is 2.54. The lowest BCUT2D eigenvalue weighted by Crippen LogP contribution is -2.44. The van der Waals surface area contributed by atoms with Crippen molar-refractivity contribution in [3.05, 3.63) is 35.4 Å². The lowest BCUT2D eigenvalue weighted by molar-refractivity contribution is 0.113. The normalized spacial score (nSPS) is 30.2. The van der Waals surface area contributed by atoms with Gasteiger partial charge in [-0.1, -0.05) is 37.6 Å². The molecule has 2 aliphatic rings. The summed E-state index contributed by atoms with van der Waals surface area (Å²) in [6, 6.07) is 10.3. The molecule has 110 valence electrons. The molecule has 1 atom stereocenters. The van der Waals surface area contributed by atoms with Crippen molar-refractivity contribution < 1.29 is 0 Å². The van der Waals surface area contributed by atoms with E-state index in [1.165, 1.54) is 37.7 Å². The third kappa shape index (κ3) is 2.77. The van der Waals surface area contributed by atoms with Crippen LogP contribution in [0.4, 0.5) is 0 Å². The monoisotopic (exact) mass is 272 g/mol. The second kappa shape index (κ2) is 6.28. The van der Waals surface area contributed by atoms with Crippen molar-refractivity contribution in [1.29, 1.82) is 0 Å². The van der Waals surface area contributed by atoms with Crippen LogP contribution in [0.25, 0.3) is 0 Å². The zero-order chi connectivity index (χ0) is 13.9. The van der Waals surface area contributed by atoms with Crippen LogP contribution in [0.2, 0.25) is 0 Å². The van der Waals surface area contributed by atoms with Crippen LogP contribution in [0.5, 0.6) is 0 Å². The molecule has 1 unspecified atom stereocenters. The Kier molecular flexibility index (Phi) is 4.42. The molecule has 3 rings (SSSR count). The van der Waals surface area contributed by atoms with Crippen LogP contribution < -0.4 is 5.32 Å². The number of likely N-dealkylation sites (N-methyl/N-ethyl adjacent to an activating group) is 1. The van der Waals surface area contributed by atoms with Gasteiger partial charge in [0.25, 0.3) is 0 Å². The largest absolute Gasteiger partial charge is 0.311 e. The van der Waals surface area contributed by atoms with Gasteiger partial charge < -0.3 is 5.32 Å². The van der Waals surface area contributed by atoms with E-state index < -0.39 is 0 Å². The molecule has 1 aromatic rings. The summed E-state index contributed by atoms with van der Waals surface area (Å²) in [5.41, 5.74) is 3.03. The first-order valence-electron chi connectivity index (χ1n) is 8.30. The fraction of sp³-hybridized carbons (Fsp3) is 0.667. The molecule has 0 spiro atoms. The van der Waals surface area contributed by atoms with Gasteiger partial charge in [0.1, 0.15) is 0 Å². The van der Waals surface area contributed by atoms with Gasteiger partial charge >= 0.3 is 0 Å². The predicted octanol–water partition coefficient (Wildman–Crippen LogP) is 3.73. The summed E-state index contributed by atoms with van der Waals surface area (Å²) >= 11 is 0. The summed E-state index contributed by atoms with van der Waals surface area (Å²) in [5, 5.41) is 3.59. The molecule has 20 heavy (non-hydrogen) atoms. The maximum absolute atomic E-state index is 3.59. The van der Waals surface area contributed by atoms with Gasteiger partial charge in [-0.05, 0) is 49.8 Å². The minimum Gasteiger partial charge on any atom is -0.311 e. The highest BCUT2D eigenvalue weighted by molar-refractivity contribution is 5.32. The van der Waals surface area contributed by atoms with Gasteiger partial charge in [-0.25, -0.2) is 0 Å². The van der Waals surface area contributed by atoms with E-state index in [-0.39, 0.29) is 0 Å². The molecule has 2 heteroatoms. The maximum atomic E-state index is 3.59. The van der Waals surface area contributed by atoms with Crippen molar-refractivity contribution >= 4 is 0 Å². The Morgan fingerprint density at radius 1 is 1.15 bits per heavy atom. The average molecular weight is 272 g/mol. The van der Waals surface area contributed by atoms with E-state index in [2.05, 4.69) is 48.5 Å².